The molecule has 6 heteroatoms. The molecule has 0 saturated heterocycles. The molecule has 0 fully saturated rings. The van der Waals surface area contributed by atoms with Crippen molar-refractivity contribution in [2.24, 2.45) is 0 Å². The zero-order chi connectivity index (χ0) is 15.5. The van der Waals surface area contributed by atoms with Crippen LogP contribution in [0.15, 0.2) is 48.5 Å². The lowest BCUT2D eigenvalue weighted by Gasteiger charge is -2.17. The number of nitrogens with two attached hydrogens (primary N) is 1. The van der Waals surface area contributed by atoms with Gasteiger partial charge >= 0.3 is 0 Å². The van der Waals surface area contributed by atoms with Gasteiger partial charge in [0.05, 0.1) is 5.75 Å². The summed E-state index contributed by atoms with van der Waals surface area (Å²) in [6.45, 7) is 0.283. The van der Waals surface area contributed by atoms with Gasteiger partial charge in [-0.3, -0.25) is 0 Å². The maximum absolute atomic E-state index is 12.4. The Bertz CT molecular complexity index is 732. The van der Waals surface area contributed by atoms with E-state index in [1.165, 1.54) is 4.31 Å². The molecule has 21 heavy (non-hydrogen) atoms. The van der Waals surface area contributed by atoms with Gasteiger partial charge in [-0.2, -0.15) is 0 Å². The lowest BCUT2D eigenvalue weighted by molar-refractivity contribution is 0.466. The first-order valence-electron chi connectivity index (χ1n) is 6.40. The Hall–Kier alpha value is -1.56. The van der Waals surface area contributed by atoms with Gasteiger partial charge in [0.1, 0.15) is 0 Å². The first-order chi connectivity index (χ1) is 9.87. The van der Waals surface area contributed by atoms with Crippen LogP contribution in [0, 0.1) is 0 Å². The lowest BCUT2D eigenvalue weighted by Crippen LogP contribution is -2.27. The van der Waals surface area contributed by atoms with Gasteiger partial charge < -0.3 is 5.73 Å². The number of sulfonamides is 1. The maximum Gasteiger partial charge on any atom is 0.218 e. The van der Waals surface area contributed by atoms with E-state index < -0.39 is 10.0 Å². The van der Waals surface area contributed by atoms with E-state index >= 15 is 0 Å². The average molecular weight is 325 g/mol. The number of hydrogen-bond donors (Lipinski definition) is 1. The van der Waals surface area contributed by atoms with Crippen LogP contribution in [0.1, 0.15) is 11.1 Å². The summed E-state index contributed by atoms with van der Waals surface area (Å²) >= 11 is 5.91. The Morgan fingerprint density at radius 1 is 1.10 bits per heavy atom. The second-order valence-corrected chi connectivity index (χ2v) is 7.40. The molecular formula is C15H17ClN2O2S. The summed E-state index contributed by atoms with van der Waals surface area (Å²) in [5.41, 5.74) is 7.75. The first-order valence-corrected chi connectivity index (χ1v) is 8.38. The molecule has 0 spiro atoms. The predicted molar refractivity (Wildman–Crippen MR) is 86.4 cm³/mol. The third-order valence-corrected chi connectivity index (χ3v) is 5.08. The van der Waals surface area contributed by atoms with Gasteiger partial charge in [0.25, 0.3) is 0 Å². The Balaban J connectivity index is 2.12. The quantitative estimate of drug-likeness (QED) is 0.860. The molecule has 2 rings (SSSR count). The van der Waals surface area contributed by atoms with Gasteiger partial charge in [0.15, 0.2) is 0 Å². The molecule has 0 radical (unpaired) electrons. The number of rotatable bonds is 5. The van der Waals surface area contributed by atoms with Crippen molar-refractivity contribution < 1.29 is 8.42 Å². The summed E-state index contributed by atoms with van der Waals surface area (Å²) in [4.78, 5) is 0. The molecule has 0 amide bonds. The summed E-state index contributed by atoms with van der Waals surface area (Å²) in [5.74, 6) is -0.0743. The molecular weight excluding hydrogens is 308 g/mol. The van der Waals surface area contributed by atoms with Crippen molar-refractivity contribution in [1.82, 2.24) is 4.31 Å². The summed E-state index contributed by atoms with van der Waals surface area (Å²) in [5, 5.41) is 0.592. The molecule has 0 bridgehead atoms. The van der Waals surface area contributed by atoms with Gasteiger partial charge in [0, 0.05) is 24.3 Å². The molecule has 0 aliphatic carbocycles. The number of anilines is 1. The SMILES string of the molecule is CN(Cc1cccc(Cl)c1)S(=O)(=O)Cc1cccc(N)c1. The van der Waals surface area contributed by atoms with Crippen LogP contribution in [-0.4, -0.2) is 19.8 Å². The van der Waals surface area contributed by atoms with Crippen LogP contribution >= 0.6 is 11.6 Å². The molecule has 4 nitrogen and oxygen atoms in total. The standard InChI is InChI=1S/C15H17ClN2O2S/c1-18(10-12-4-2-6-14(16)8-12)21(19,20)11-13-5-3-7-15(17)9-13/h2-9H,10-11,17H2,1H3. The topological polar surface area (TPSA) is 63.4 Å². The Morgan fingerprint density at radius 3 is 2.43 bits per heavy atom. The van der Waals surface area contributed by atoms with Crippen molar-refractivity contribution in [3.8, 4) is 0 Å². The van der Waals surface area contributed by atoms with E-state index in [1.807, 2.05) is 6.07 Å². The summed E-state index contributed by atoms with van der Waals surface area (Å²) < 4.78 is 26.0. The molecule has 0 saturated carbocycles. The number of hydrogen-bond acceptors (Lipinski definition) is 3. The predicted octanol–water partition coefficient (Wildman–Crippen LogP) is 2.88. The fourth-order valence-corrected chi connectivity index (χ4v) is 3.37. The molecule has 0 aliphatic rings. The number of nitrogens with zero attached hydrogens (tertiary/aromatic N) is 1. The van der Waals surface area contributed by atoms with Crippen LogP contribution in [0.5, 0.6) is 0 Å². The van der Waals surface area contributed by atoms with Crippen molar-refractivity contribution in [1.29, 1.82) is 0 Å². The highest BCUT2D eigenvalue weighted by Crippen LogP contribution is 2.17. The van der Waals surface area contributed by atoms with E-state index in [2.05, 4.69) is 0 Å². The minimum atomic E-state index is -3.41. The van der Waals surface area contributed by atoms with E-state index in [-0.39, 0.29) is 12.3 Å². The molecule has 0 unspecified atom stereocenters. The third-order valence-electron chi connectivity index (χ3n) is 3.07. The second kappa shape index (κ2) is 6.47. The highest BCUT2D eigenvalue weighted by molar-refractivity contribution is 7.88. The lowest BCUT2D eigenvalue weighted by atomic mass is 10.2. The van der Waals surface area contributed by atoms with Crippen LogP contribution in [0.2, 0.25) is 5.02 Å². The Labute approximate surface area is 130 Å². The van der Waals surface area contributed by atoms with E-state index in [0.717, 1.165) is 5.56 Å². The van der Waals surface area contributed by atoms with E-state index in [4.69, 9.17) is 17.3 Å². The largest absolute Gasteiger partial charge is 0.399 e. The van der Waals surface area contributed by atoms with E-state index in [9.17, 15) is 8.42 Å². The molecule has 0 aliphatic heterocycles. The van der Waals surface area contributed by atoms with Gasteiger partial charge in [-0.15, -0.1) is 0 Å². The van der Waals surface area contributed by atoms with Crippen molar-refractivity contribution in [2.75, 3.05) is 12.8 Å². The number of nitrogen functional groups attached to an aromatic ring is 1. The Kier molecular flexibility index (Phi) is 4.88. The Morgan fingerprint density at radius 2 is 1.76 bits per heavy atom. The van der Waals surface area contributed by atoms with E-state index in [1.54, 1.807) is 49.5 Å². The highest BCUT2D eigenvalue weighted by Gasteiger charge is 2.19. The molecule has 0 atom stereocenters. The van der Waals surface area contributed by atoms with Crippen molar-refractivity contribution in [3.63, 3.8) is 0 Å². The molecule has 0 heterocycles. The smallest absolute Gasteiger partial charge is 0.218 e. The second-order valence-electron chi connectivity index (χ2n) is 4.89. The van der Waals surface area contributed by atoms with Crippen LogP contribution in [0.3, 0.4) is 0 Å². The maximum atomic E-state index is 12.4. The third kappa shape index (κ3) is 4.46. The summed E-state index contributed by atoms with van der Waals surface area (Å²) in [7, 11) is -1.85. The minimum absolute atomic E-state index is 0.0743. The molecule has 112 valence electrons. The zero-order valence-corrected chi connectivity index (χ0v) is 13.2. The number of halogens is 1. The minimum Gasteiger partial charge on any atom is -0.399 e. The highest BCUT2D eigenvalue weighted by atomic mass is 35.5. The van der Waals surface area contributed by atoms with Gasteiger partial charge in [-0.05, 0) is 35.4 Å². The normalized spacial score (nSPS) is 11.8. The van der Waals surface area contributed by atoms with Crippen LogP contribution in [0.4, 0.5) is 5.69 Å². The zero-order valence-electron chi connectivity index (χ0n) is 11.7. The summed E-state index contributed by atoms with van der Waals surface area (Å²) in [6.07, 6.45) is 0. The average Bonchev–Trinajstić information content (AvgIpc) is 2.38. The molecule has 2 aromatic rings. The van der Waals surface area contributed by atoms with Crippen molar-refractivity contribution in [2.45, 2.75) is 12.3 Å². The van der Waals surface area contributed by atoms with Crippen LogP contribution in [-0.2, 0) is 22.3 Å². The van der Waals surface area contributed by atoms with Gasteiger partial charge in [-0.25, -0.2) is 12.7 Å². The molecule has 2 aromatic carbocycles. The van der Waals surface area contributed by atoms with E-state index in [0.29, 0.717) is 16.3 Å². The summed E-state index contributed by atoms with van der Waals surface area (Å²) in [6, 6.07) is 14.1. The van der Waals surface area contributed by atoms with Crippen LogP contribution in [0.25, 0.3) is 0 Å². The fourth-order valence-electron chi connectivity index (χ4n) is 1.99. The molecule has 2 N–H and O–H groups in total. The van der Waals surface area contributed by atoms with Crippen molar-refractivity contribution in [3.05, 3.63) is 64.7 Å². The molecule has 0 aromatic heterocycles. The van der Waals surface area contributed by atoms with Crippen LogP contribution < -0.4 is 5.73 Å². The first kappa shape index (κ1) is 15.8. The fraction of sp³-hybridized carbons (Fsp3) is 0.200. The monoisotopic (exact) mass is 324 g/mol. The van der Waals surface area contributed by atoms with Gasteiger partial charge in [-0.1, -0.05) is 35.9 Å². The number of benzene rings is 2. The van der Waals surface area contributed by atoms with Gasteiger partial charge in [0.2, 0.25) is 10.0 Å². The van der Waals surface area contributed by atoms with Crippen molar-refractivity contribution >= 4 is 27.3 Å².